The van der Waals surface area contributed by atoms with E-state index in [1.807, 2.05) is 0 Å². The number of carbonyl (C=O) groups excluding carboxylic acids is 4. The zero-order valence-corrected chi connectivity index (χ0v) is 11.8. The first-order chi connectivity index (χ1) is 10.6. The van der Waals surface area contributed by atoms with Crippen molar-refractivity contribution in [3.8, 4) is 0 Å². The normalized spacial score (nSPS) is 10.0. The second-order valence-corrected chi connectivity index (χ2v) is 4.74. The molecule has 0 aliphatic carbocycles. The summed E-state index contributed by atoms with van der Waals surface area (Å²) in [6, 6.07) is 16.3. The number of ketones is 4. The summed E-state index contributed by atoms with van der Waals surface area (Å²) in [7, 11) is 0. The van der Waals surface area contributed by atoms with E-state index in [-0.39, 0.29) is 24.0 Å². The zero-order chi connectivity index (χ0) is 15.9. The Hall–Kier alpha value is -2.88. The van der Waals surface area contributed by atoms with Crippen molar-refractivity contribution in [2.75, 3.05) is 0 Å². The van der Waals surface area contributed by atoms with Crippen molar-refractivity contribution in [3.63, 3.8) is 0 Å². The molecule has 2 aromatic rings. The number of hydrogen-bond acceptors (Lipinski definition) is 4. The van der Waals surface area contributed by atoms with E-state index in [2.05, 4.69) is 0 Å². The Morgan fingerprint density at radius 2 is 0.864 bits per heavy atom. The number of hydrogen-bond donors (Lipinski definition) is 0. The van der Waals surface area contributed by atoms with Gasteiger partial charge >= 0.3 is 0 Å². The predicted octanol–water partition coefficient (Wildman–Crippen LogP) is 2.67. The lowest BCUT2D eigenvalue weighted by Crippen LogP contribution is -2.19. The van der Waals surface area contributed by atoms with Gasteiger partial charge in [0.1, 0.15) is 0 Å². The van der Waals surface area contributed by atoms with E-state index in [1.165, 1.54) is 24.3 Å². The Kier molecular flexibility index (Phi) is 5.09. The van der Waals surface area contributed by atoms with E-state index >= 15 is 0 Å². The Balaban J connectivity index is 1.92. The minimum Gasteiger partial charge on any atom is -0.290 e. The topological polar surface area (TPSA) is 68.3 Å². The standard InChI is InChI=1S/C18H14O4/c19-15(17(21)13-7-3-1-4-8-13)11-12-16(20)18(22)14-9-5-2-6-10-14/h1-10H,11-12H2. The summed E-state index contributed by atoms with van der Waals surface area (Å²) < 4.78 is 0. The van der Waals surface area contributed by atoms with Crippen molar-refractivity contribution in [3.05, 3.63) is 71.8 Å². The van der Waals surface area contributed by atoms with Crippen LogP contribution in [0.1, 0.15) is 33.6 Å². The first kappa shape index (κ1) is 15.5. The quantitative estimate of drug-likeness (QED) is 0.581. The van der Waals surface area contributed by atoms with E-state index in [0.717, 1.165) is 0 Å². The van der Waals surface area contributed by atoms with Crippen LogP contribution in [0, 0.1) is 0 Å². The van der Waals surface area contributed by atoms with Crippen molar-refractivity contribution in [2.45, 2.75) is 12.8 Å². The Labute approximate surface area is 127 Å². The van der Waals surface area contributed by atoms with Gasteiger partial charge in [-0.05, 0) is 0 Å². The smallest absolute Gasteiger partial charge is 0.228 e. The molecular weight excluding hydrogens is 280 g/mol. The lowest BCUT2D eigenvalue weighted by Gasteiger charge is -2.01. The van der Waals surface area contributed by atoms with E-state index in [1.54, 1.807) is 36.4 Å². The third-order valence-electron chi connectivity index (χ3n) is 3.16. The molecule has 4 nitrogen and oxygen atoms in total. The molecule has 0 heterocycles. The molecule has 4 heteroatoms. The molecule has 0 atom stereocenters. The van der Waals surface area contributed by atoms with Gasteiger partial charge in [-0.15, -0.1) is 0 Å². The molecular formula is C18H14O4. The van der Waals surface area contributed by atoms with Crippen LogP contribution in [-0.2, 0) is 9.59 Å². The molecule has 0 N–H and O–H groups in total. The Morgan fingerprint density at radius 3 is 1.18 bits per heavy atom. The number of benzene rings is 2. The minimum absolute atomic E-state index is 0.259. The summed E-state index contributed by atoms with van der Waals surface area (Å²) >= 11 is 0. The second-order valence-electron chi connectivity index (χ2n) is 4.74. The fourth-order valence-electron chi connectivity index (χ4n) is 1.96. The van der Waals surface area contributed by atoms with Gasteiger partial charge < -0.3 is 0 Å². The molecule has 0 aliphatic heterocycles. The summed E-state index contributed by atoms with van der Waals surface area (Å²) in [5, 5.41) is 0. The highest BCUT2D eigenvalue weighted by Gasteiger charge is 2.20. The average molecular weight is 294 g/mol. The SMILES string of the molecule is O=C(CCC(=O)C(=O)c1ccccc1)C(=O)c1ccccc1. The molecule has 110 valence electrons. The predicted molar refractivity (Wildman–Crippen MR) is 80.8 cm³/mol. The van der Waals surface area contributed by atoms with Crippen LogP contribution in [0.3, 0.4) is 0 Å². The van der Waals surface area contributed by atoms with E-state index in [0.29, 0.717) is 0 Å². The number of carbonyl (C=O) groups is 4. The fraction of sp³-hybridized carbons (Fsp3) is 0.111. The first-order valence-corrected chi connectivity index (χ1v) is 6.84. The molecule has 0 bridgehead atoms. The lowest BCUT2D eigenvalue weighted by molar-refractivity contribution is -0.119. The highest BCUT2D eigenvalue weighted by atomic mass is 16.2. The van der Waals surface area contributed by atoms with Gasteiger partial charge in [-0.1, -0.05) is 60.7 Å². The van der Waals surface area contributed by atoms with Crippen LogP contribution in [0.5, 0.6) is 0 Å². The van der Waals surface area contributed by atoms with Gasteiger partial charge in [0.25, 0.3) is 0 Å². The number of rotatable bonds is 7. The maximum absolute atomic E-state index is 11.9. The third kappa shape index (κ3) is 3.82. The summed E-state index contributed by atoms with van der Waals surface area (Å²) in [4.78, 5) is 47.3. The van der Waals surface area contributed by atoms with Crippen LogP contribution >= 0.6 is 0 Å². The number of Topliss-reactive ketones (excluding diaryl/α,β-unsaturated/α-hetero) is 4. The molecule has 0 saturated heterocycles. The highest BCUT2D eigenvalue weighted by molar-refractivity contribution is 6.46. The van der Waals surface area contributed by atoms with Gasteiger partial charge in [-0.2, -0.15) is 0 Å². The monoisotopic (exact) mass is 294 g/mol. The highest BCUT2D eigenvalue weighted by Crippen LogP contribution is 2.07. The van der Waals surface area contributed by atoms with Gasteiger partial charge in [-0.3, -0.25) is 19.2 Å². The Morgan fingerprint density at radius 1 is 0.545 bits per heavy atom. The largest absolute Gasteiger partial charge is 0.290 e. The molecule has 0 radical (unpaired) electrons. The van der Waals surface area contributed by atoms with Gasteiger partial charge in [-0.25, -0.2) is 0 Å². The second kappa shape index (κ2) is 7.22. The molecule has 0 amide bonds. The van der Waals surface area contributed by atoms with Gasteiger partial charge in [0.2, 0.25) is 23.1 Å². The van der Waals surface area contributed by atoms with E-state index < -0.39 is 23.1 Å². The molecule has 0 aromatic heterocycles. The van der Waals surface area contributed by atoms with Gasteiger partial charge in [0.15, 0.2) is 0 Å². The van der Waals surface area contributed by atoms with Crippen LogP contribution in [-0.4, -0.2) is 23.1 Å². The third-order valence-corrected chi connectivity index (χ3v) is 3.16. The molecule has 0 fully saturated rings. The van der Waals surface area contributed by atoms with E-state index in [4.69, 9.17) is 0 Å². The van der Waals surface area contributed by atoms with Crippen LogP contribution in [0.4, 0.5) is 0 Å². The van der Waals surface area contributed by atoms with E-state index in [9.17, 15) is 19.2 Å². The summed E-state index contributed by atoms with van der Waals surface area (Å²) in [6.07, 6.45) is -0.518. The molecule has 0 unspecified atom stereocenters. The van der Waals surface area contributed by atoms with Crippen molar-refractivity contribution in [1.29, 1.82) is 0 Å². The van der Waals surface area contributed by atoms with Crippen molar-refractivity contribution in [1.82, 2.24) is 0 Å². The van der Waals surface area contributed by atoms with Crippen LogP contribution in [0.25, 0.3) is 0 Å². The molecule has 0 saturated carbocycles. The molecule has 22 heavy (non-hydrogen) atoms. The molecule has 2 aromatic carbocycles. The summed E-state index contributed by atoms with van der Waals surface area (Å²) in [5.41, 5.74) is 0.573. The summed E-state index contributed by atoms with van der Waals surface area (Å²) in [5.74, 6) is -2.61. The maximum atomic E-state index is 11.9. The zero-order valence-electron chi connectivity index (χ0n) is 11.8. The van der Waals surface area contributed by atoms with Gasteiger partial charge in [0, 0.05) is 24.0 Å². The van der Waals surface area contributed by atoms with Crippen LogP contribution in [0.15, 0.2) is 60.7 Å². The van der Waals surface area contributed by atoms with Gasteiger partial charge in [0.05, 0.1) is 0 Å². The molecule has 0 spiro atoms. The van der Waals surface area contributed by atoms with Crippen LogP contribution < -0.4 is 0 Å². The maximum Gasteiger partial charge on any atom is 0.228 e. The molecule has 2 rings (SSSR count). The molecule has 0 aliphatic rings. The van der Waals surface area contributed by atoms with Crippen molar-refractivity contribution < 1.29 is 19.2 Å². The van der Waals surface area contributed by atoms with Crippen molar-refractivity contribution in [2.24, 2.45) is 0 Å². The lowest BCUT2D eigenvalue weighted by atomic mass is 10.00. The minimum atomic E-state index is -0.666. The fourth-order valence-corrected chi connectivity index (χ4v) is 1.96. The van der Waals surface area contributed by atoms with Crippen molar-refractivity contribution >= 4 is 23.1 Å². The van der Waals surface area contributed by atoms with Crippen LogP contribution in [0.2, 0.25) is 0 Å². The summed E-state index contributed by atoms with van der Waals surface area (Å²) in [6.45, 7) is 0. The average Bonchev–Trinajstić information content (AvgIpc) is 2.59. The first-order valence-electron chi connectivity index (χ1n) is 6.84. The Bertz CT molecular complexity index is 639.